The number of aliphatic hydroxyl groups excluding tert-OH is 1. The number of allylic oxidation sites excluding steroid dienone is 3. The first-order chi connectivity index (χ1) is 25.8. The quantitative estimate of drug-likeness (QED) is 0.0855. The van der Waals surface area contributed by atoms with Gasteiger partial charge in [-0.2, -0.15) is 0 Å². The van der Waals surface area contributed by atoms with Gasteiger partial charge in [0.2, 0.25) is 35.4 Å². The SMILES string of the molecule is CC[C@H](C)[C@H](NC(=O)[C@@H](N)CC(N)=O)C(=O)N1CC(C2=CN(C3=CC=CC3)NN2)C[C@H]1C(=O)N[C@@H](Cc1c[nH]c2ccccc12)C(=O)N[C@@H](CO)C(N)=O. The van der Waals surface area contributed by atoms with Crippen LogP contribution in [0.15, 0.2) is 66.3 Å². The number of nitrogens with two attached hydrogens (primary N) is 3. The van der Waals surface area contributed by atoms with Gasteiger partial charge in [-0.3, -0.25) is 33.8 Å². The number of carbonyl (C=O) groups excluding carboxylic acids is 6. The molecule has 6 amide bonds. The molecule has 290 valence electrons. The summed E-state index contributed by atoms with van der Waals surface area (Å²) in [4.78, 5) is 83.7. The summed E-state index contributed by atoms with van der Waals surface area (Å²) in [6, 6.07) is 1.21. The maximum atomic E-state index is 14.5. The molecule has 13 N–H and O–H groups in total. The number of hydrogen-bond acceptors (Lipinski definition) is 11. The maximum absolute atomic E-state index is 14.5. The Morgan fingerprint density at radius 3 is 2.46 bits per heavy atom. The Bertz CT molecular complexity index is 1860. The van der Waals surface area contributed by atoms with Crippen molar-refractivity contribution in [1.82, 2.24) is 41.8 Å². The van der Waals surface area contributed by atoms with Crippen LogP contribution in [0.5, 0.6) is 0 Å². The summed E-state index contributed by atoms with van der Waals surface area (Å²) in [5.41, 5.74) is 26.0. The second-order valence-corrected chi connectivity index (χ2v) is 13.8. The highest BCUT2D eigenvalue weighted by atomic mass is 16.3. The smallest absolute Gasteiger partial charge is 0.246 e. The lowest BCUT2D eigenvalue weighted by atomic mass is 9.96. The fourth-order valence-electron chi connectivity index (χ4n) is 6.77. The summed E-state index contributed by atoms with van der Waals surface area (Å²) in [6.45, 7) is 2.94. The van der Waals surface area contributed by atoms with Crippen LogP contribution in [0, 0.1) is 11.8 Å². The molecule has 2 aliphatic heterocycles. The molecule has 54 heavy (non-hydrogen) atoms. The lowest BCUT2D eigenvalue weighted by Crippen LogP contribution is -2.60. The van der Waals surface area contributed by atoms with E-state index in [1.165, 1.54) is 4.90 Å². The fourth-order valence-corrected chi connectivity index (χ4v) is 6.77. The third-order valence-corrected chi connectivity index (χ3v) is 10.1. The van der Waals surface area contributed by atoms with Gasteiger partial charge in [-0.1, -0.05) is 50.6 Å². The van der Waals surface area contributed by atoms with Crippen molar-refractivity contribution in [3.63, 3.8) is 0 Å². The summed E-state index contributed by atoms with van der Waals surface area (Å²) in [5, 5.41) is 20.3. The second kappa shape index (κ2) is 17.4. The van der Waals surface area contributed by atoms with Crippen molar-refractivity contribution in [2.24, 2.45) is 29.0 Å². The first-order valence-corrected chi connectivity index (χ1v) is 17.9. The van der Waals surface area contributed by atoms with Crippen LogP contribution in [0.2, 0.25) is 0 Å². The van der Waals surface area contributed by atoms with Gasteiger partial charge >= 0.3 is 0 Å². The average Bonchev–Trinajstić information content (AvgIpc) is 3.98. The molecule has 18 nitrogen and oxygen atoms in total. The number of aromatic amines is 1. The number of fused-ring (bicyclic) bond motifs is 1. The van der Waals surface area contributed by atoms with E-state index in [1.54, 1.807) is 13.1 Å². The third-order valence-electron chi connectivity index (χ3n) is 10.1. The number of likely N-dealkylation sites (tertiary alicyclic amines) is 1. The van der Waals surface area contributed by atoms with Gasteiger partial charge in [0.25, 0.3) is 0 Å². The minimum atomic E-state index is -1.41. The van der Waals surface area contributed by atoms with Gasteiger partial charge in [-0.15, -0.1) is 5.53 Å². The number of nitrogens with one attached hydrogen (secondary N) is 6. The van der Waals surface area contributed by atoms with Crippen molar-refractivity contribution >= 4 is 46.3 Å². The van der Waals surface area contributed by atoms with Crippen molar-refractivity contribution in [2.75, 3.05) is 13.2 Å². The second-order valence-electron chi connectivity index (χ2n) is 13.8. The summed E-state index contributed by atoms with van der Waals surface area (Å²) in [5.74, 6) is -5.25. The lowest BCUT2D eigenvalue weighted by molar-refractivity contribution is -0.143. The van der Waals surface area contributed by atoms with Gasteiger partial charge in [-0.05, 0) is 30.0 Å². The standard InChI is InChI=1S/C36H49N11O7/c1-3-19(2)31(43-33(51)24(37)14-30(38)49)36(54)46-16-21(27-17-47(45-44-27)22-8-4-5-9-22)13-29(46)35(53)41-26(34(52)42-28(18-48)32(39)50)12-20-15-40-25-11-7-6-10-23(20)25/h4-8,10-11,15,17,19,21,24,26,28-29,31,40,44-45,48H,3,9,12-14,16,18,37H2,1-2H3,(H2,38,49)(H2,39,50)(H,41,53)(H,42,52)(H,43,51)/t19-,21?,24-,26-,28-,29-,31-/m0/s1. The van der Waals surface area contributed by atoms with Crippen LogP contribution in [0.25, 0.3) is 10.9 Å². The molecule has 3 aliphatic rings. The van der Waals surface area contributed by atoms with Gasteiger partial charge in [0, 0.05) is 54.3 Å². The van der Waals surface area contributed by atoms with E-state index in [-0.39, 0.29) is 25.3 Å². The number of benzene rings is 1. The number of aliphatic hydroxyl groups is 1. The first kappa shape index (κ1) is 39.5. The molecule has 1 unspecified atom stereocenters. The van der Waals surface area contributed by atoms with E-state index in [2.05, 4.69) is 31.9 Å². The number of hydrazine groups is 2. The maximum Gasteiger partial charge on any atom is 0.246 e. The number of primary amides is 2. The fraction of sp³-hybridized carbons (Fsp3) is 0.444. The average molecular weight is 748 g/mol. The highest BCUT2D eigenvalue weighted by Crippen LogP contribution is 2.32. The highest BCUT2D eigenvalue weighted by Gasteiger charge is 2.46. The summed E-state index contributed by atoms with van der Waals surface area (Å²) in [6.07, 6.45) is 10.4. The predicted octanol–water partition coefficient (Wildman–Crippen LogP) is -1.88. The van der Waals surface area contributed by atoms with Crippen LogP contribution in [0.1, 0.15) is 45.1 Å². The van der Waals surface area contributed by atoms with E-state index in [4.69, 9.17) is 17.2 Å². The van der Waals surface area contributed by atoms with Crippen molar-refractivity contribution < 1.29 is 33.9 Å². The topological polar surface area (TPSA) is 283 Å². The van der Waals surface area contributed by atoms with Crippen LogP contribution < -0.4 is 44.1 Å². The van der Waals surface area contributed by atoms with E-state index in [1.807, 2.05) is 60.6 Å². The van der Waals surface area contributed by atoms with Crippen LogP contribution in [0.3, 0.4) is 0 Å². The third kappa shape index (κ3) is 9.07. The zero-order chi connectivity index (χ0) is 39.1. The molecule has 2 aromatic rings. The Morgan fingerprint density at radius 2 is 1.80 bits per heavy atom. The summed E-state index contributed by atoms with van der Waals surface area (Å²) < 4.78 is 0. The summed E-state index contributed by atoms with van der Waals surface area (Å²) in [7, 11) is 0. The number of para-hydroxylation sites is 1. The van der Waals surface area contributed by atoms with Crippen molar-refractivity contribution in [1.29, 1.82) is 0 Å². The molecule has 1 aromatic carbocycles. The molecule has 0 saturated carbocycles. The minimum absolute atomic E-state index is 0.0133. The Labute approximate surface area is 311 Å². The van der Waals surface area contributed by atoms with Crippen molar-refractivity contribution in [2.45, 2.75) is 76.2 Å². The Hall–Kier alpha value is -5.72. The number of amides is 6. The largest absolute Gasteiger partial charge is 0.394 e. The molecule has 1 saturated heterocycles. The normalized spacial score (nSPS) is 20.7. The monoisotopic (exact) mass is 747 g/mol. The summed E-state index contributed by atoms with van der Waals surface area (Å²) >= 11 is 0. The Balaban J connectivity index is 1.45. The Morgan fingerprint density at radius 1 is 1.04 bits per heavy atom. The first-order valence-electron chi connectivity index (χ1n) is 17.9. The zero-order valence-corrected chi connectivity index (χ0v) is 30.2. The Kier molecular flexibility index (Phi) is 12.7. The number of hydrogen-bond donors (Lipinski definition) is 10. The molecule has 7 atom stereocenters. The van der Waals surface area contributed by atoms with Gasteiger partial charge in [-0.25, -0.2) is 0 Å². The number of nitrogens with zero attached hydrogens (tertiary/aromatic N) is 2. The molecule has 0 radical (unpaired) electrons. The van der Waals surface area contributed by atoms with Gasteiger partial charge in [0.1, 0.15) is 24.2 Å². The molecule has 1 fully saturated rings. The minimum Gasteiger partial charge on any atom is -0.394 e. The molecule has 1 aliphatic carbocycles. The highest BCUT2D eigenvalue weighted by molar-refractivity contribution is 5.97. The molecule has 18 heteroatoms. The van der Waals surface area contributed by atoms with E-state index in [0.29, 0.717) is 24.1 Å². The van der Waals surface area contributed by atoms with E-state index < -0.39 is 84.6 Å². The number of H-pyrrole nitrogens is 1. The predicted molar refractivity (Wildman–Crippen MR) is 197 cm³/mol. The van der Waals surface area contributed by atoms with Gasteiger partial charge in [0.15, 0.2) is 0 Å². The van der Waals surface area contributed by atoms with E-state index >= 15 is 0 Å². The van der Waals surface area contributed by atoms with Crippen LogP contribution in [-0.2, 0) is 35.2 Å². The van der Waals surface area contributed by atoms with Crippen molar-refractivity contribution in [3.8, 4) is 0 Å². The van der Waals surface area contributed by atoms with Crippen LogP contribution in [-0.4, -0.2) is 98.8 Å². The van der Waals surface area contributed by atoms with Crippen molar-refractivity contribution in [3.05, 3.63) is 71.8 Å². The molecule has 5 rings (SSSR count). The van der Waals surface area contributed by atoms with Crippen LogP contribution >= 0.6 is 0 Å². The molecule has 3 heterocycles. The molecule has 0 bridgehead atoms. The number of rotatable bonds is 17. The van der Waals surface area contributed by atoms with Gasteiger partial charge < -0.3 is 53.6 Å². The molecule has 0 spiro atoms. The lowest BCUT2D eigenvalue weighted by Gasteiger charge is -2.32. The molecular formula is C36H49N11O7. The molecular weight excluding hydrogens is 698 g/mol. The number of aromatic nitrogens is 1. The zero-order valence-electron chi connectivity index (χ0n) is 30.2. The number of carbonyl (C=O) groups is 6. The van der Waals surface area contributed by atoms with Gasteiger partial charge in [0.05, 0.1) is 24.8 Å². The van der Waals surface area contributed by atoms with Crippen LogP contribution in [0.4, 0.5) is 0 Å². The van der Waals surface area contributed by atoms with E-state index in [9.17, 15) is 33.9 Å². The molecule has 1 aromatic heterocycles. The van der Waals surface area contributed by atoms with E-state index in [0.717, 1.165) is 16.6 Å².